The van der Waals surface area contributed by atoms with Gasteiger partial charge < -0.3 is 16.4 Å². The quantitative estimate of drug-likeness (QED) is 0.112. The molecule has 0 amide bonds. The highest BCUT2D eigenvalue weighted by atomic mass is 32.2. The summed E-state index contributed by atoms with van der Waals surface area (Å²) >= 11 is 0. The Bertz CT molecular complexity index is 1710. The second-order valence-corrected chi connectivity index (χ2v) is 11.6. The van der Waals surface area contributed by atoms with Crippen LogP contribution in [0, 0.1) is 12.3 Å². The van der Waals surface area contributed by atoms with Gasteiger partial charge in [-0.3, -0.25) is 14.1 Å². The van der Waals surface area contributed by atoms with Crippen molar-refractivity contribution < 1.29 is 31.0 Å². The van der Waals surface area contributed by atoms with Gasteiger partial charge in [0.15, 0.2) is 21.4 Å². The average molecular weight is 540 g/mol. The molecule has 10 nitrogen and oxygen atoms in total. The SMILES string of the molecule is C#CCNCCS(=O)(=O)c1cccc(Nc2cc(S(=O)(=O)O)c(N)c3c2C(=O)c2ccccc2C3=O)c1. The van der Waals surface area contributed by atoms with Crippen molar-refractivity contribution >= 4 is 48.6 Å². The predicted octanol–water partition coefficient (Wildman–Crippen LogP) is 2.03. The van der Waals surface area contributed by atoms with Crippen molar-refractivity contribution in [3.63, 3.8) is 0 Å². The fraction of sp³-hybridized carbons (Fsp3) is 0.120. The normalized spacial score (nSPS) is 13.0. The van der Waals surface area contributed by atoms with E-state index in [0.29, 0.717) is 0 Å². The predicted molar refractivity (Wildman–Crippen MR) is 137 cm³/mol. The van der Waals surface area contributed by atoms with E-state index < -0.39 is 42.1 Å². The molecule has 0 radical (unpaired) electrons. The maximum atomic E-state index is 13.4. The highest BCUT2D eigenvalue weighted by molar-refractivity contribution is 7.91. The molecule has 190 valence electrons. The van der Waals surface area contributed by atoms with Crippen LogP contribution in [0.1, 0.15) is 31.8 Å². The molecule has 1 aliphatic rings. The lowest BCUT2D eigenvalue weighted by molar-refractivity contribution is 0.0980. The third kappa shape index (κ3) is 4.98. The molecule has 0 aromatic heterocycles. The molecule has 0 aliphatic heterocycles. The summed E-state index contributed by atoms with van der Waals surface area (Å²) in [7, 11) is -8.61. The maximum absolute atomic E-state index is 13.4. The number of fused-ring (bicyclic) bond motifs is 2. The Kier molecular flexibility index (Phi) is 6.90. The zero-order valence-corrected chi connectivity index (χ0v) is 20.8. The summed E-state index contributed by atoms with van der Waals surface area (Å²) in [5, 5.41) is 5.63. The lowest BCUT2D eigenvalue weighted by Crippen LogP contribution is -2.25. The van der Waals surface area contributed by atoms with Crippen molar-refractivity contribution in [2.24, 2.45) is 0 Å². The van der Waals surface area contributed by atoms with Gasteiger partial charge in [-0.15, -0.1) is 6.42 Å². The van der Waals surface area contributed by atoms with E-state index in [9.17, 15) is 31.0 Å². The Morgan fingerprint density at radius 3 is 2.19 bits per heavy atom. The van der Waals surface area contributed by atoms with Gasteiger partial charge in [0.25, 0.3) is 10.1 Å². The molecule has 0 heterocycles. The van der Waals surface area contributed by atoms with Gasteiger partial charge >= 0.3 is 0 Å². The molecule has 0 saturated carbocycles. The lowest BCUT2D eigenvalue weighted by Gasteiger charge is -2.23. The van der Waals surface area contributed by atoms with Crippen molar-refractivity contribution in [1.82, 2.24) is 5.32 Å². The number of rotatable bonds is 8. The highest BCUT2D eigenvalue weighted by Gasteiger charge is 2.36. The first kappa shape index (κ1) is 26.1. The van der Waals surface area contributed by atoms with E-state index in [2.05, 4.69) is 16.6 Å². The number of nitrogens with one attached hydrogen (secondary N) is 2. The Morgan fingerprint density at radius 1 is 0.919 bits per heavy atom. The van der Waals surface area contributed by atoms with E-state index in [1.54, 1.807) is 12.1 Å². The molecule has 37 heavy (non-hydrogen) atoms. The minimum atomic E-state index is -4.89. The summed E-state index contributed by atoms with van der Waals surface area (Å²) in [6, 6.07) is 12.6. The molecule has 0 unspecified atom stereocenters. The van der Waals surface area contributed by atoms with E-state index in [1.165, 1.54) is 36.4 Å². The number of ketones is 2. The molecular formula is C25H21N3O7S2. The minimum Gasteiger partial charge on any atom is -0.397 e. The first-order chi connectivity index (χ1) is 17.5. The summed E-state index contributed by atoms with van der Waals surface area (Å²) < 4.78 is 59.4. The van der Waals surface area contributed by atoms with Gasteiger partial charge in [0.2, 0.25) is 0 Å². The van der Waals surface area contributed by atoms with Gasteiger partial charge in [0, 0.05) is 23.4 Å². The zero-order valence-electron chi connectivity index (χ0n) is 19.2. The van der Waals surface area contributed by atoms with Crippen LogP contribution in [-0.4, -0.2) is 51.8 Å². The Morgan fingerprint density at radius 2 is 1.57 bits per heavy atom. The number of hydrogen-bond acceptors (Lipinski definition) is 9. The van der Waals surface area contributed by atoms with Gasteiger partial charge in [-0.1, -0.05) is 36.3 Å². The number of carbonyl (C=O) groups excluding carboxylic acids is 2. The number of nitrogens with two attached hydrogens (primary N) is 1. The number of sulfone groups is 1. The van der Waals surface area contributed by atoms with Crippen LogP contribution in [0.15, 0.2) is 64.4 Å². The smallest absolute Gasteiger partial charge is 0.296 e. The van der Waals surface area contributed by atoms with Crippen molar-refractivity contribution in [3.8, 4) is 12.3 Å². The first-order valence-electron chi connectivity index (χ1n) is 10.8. The topological polar surface area (TPSA) is 173 Å². The highest BCUT2D eigenvalue weighted by Crippen LogP contribution is 2.40. The van der Waals surface area contributed by atoms with E-state index in [4.69, 9.17) is 12.2 Å². The van der Waals surface area contributed by atoms with Crippen LogP contribution >= 0.6 is 0 Å². The summed E-state index contributed by atoms with van der Waals surface area (Å²) in [5.41, 5.74) is 5.02. The van der Waals surface area contributed by atoms with Crippen LogP contribution < -0.4 is 16.4 Å². The lowest BCUT2D eigenvalue weighted by atomic mass is 9.82. The van der Waals surface area contributed by atoms with Gasteiger partial charge in [-0.05, 0) is 24.3 Å². The molecule has 3 aromatic rings. The molecule has 5 N–H and O–H groups in total. The number of carbonyl (C=O) groups is 2. The van der Waals surface area contributed by atoms with Crippen LogP contribution in [0.25, 0.3) is 0 Å². The summed E-state index contributed by atoms with van der Waals surface area (Å²) in [4.78, 5) is 25.9. The van der Waals surface area contributed by atoms with Crippen LogP contribution in [0.5, 0.6) is 0 Å². The van der Waals surface area contributed by atoms with Crippen LogP contribution in [0.2, 0.25) is 0 Å². The van der Waals surface area contributed by atoms with E-state index in [1.807, 2.05) is 0 Å². The molecule has 4 rings (SSSR count). The van der Waals surface area contributed by atoms with Gasteiger partial charge in [0.1, 0.15) is 4.90 Å². The molecule has 3 aromatic carbocycles. The van der Waals surface area contributed by atoms with Crippen LogP contribution in [0.4, 0.5) is 17.1 Å². The monoisotopic (exact) mass is 539 g/mol. The molecule has 1 aliphatic carbocycles. The largest absolute Gasteiger partial charge is 0.397 e. The van der Waals surface area contributed by atoms with Crippen molar-refractivity contribution in [2.45, 2.75) is 9.79 Å². The summed E-state index contributed by atoms with van der Waals surface area (Å²) in [6.07, 6.45) is 5.15. The number of nitrogen functional groups attached to an aromatic ring is 1. The molecule has 12 heteroatoms. The molecular weight excluding hydrogens is 518 g/mol. The maximum Gasteiger partial charge on any atom is 0.296 e. The average Bonchev–Trinajstić information content (AvgIpc) is 2.85. The van der Waals surface area contributed by atoms with Crippen LogP contribution in [0.3, 0.4) is 0 Å². The standard InChI is InChI=1S/C25H21N3O7S2/c1-2-10-27-11-12-36(31,32)16-7-5-6-15(13-16)28-19-14-20(37(33,34)35)23(26)22-21(19)24(29)17-8-3-4-9-18(17)25(22)30/h1,3-9,13-14,27-28H,10-12,26H2,(H,33,34,35). The van der Waals surface area contributed by atoms with Crippen molar-refractivity contribution in [1.29, 1.82) is 0 Å². The molecule has 0 bridgehead atoms. The number of anilines is 3. The second kappa shape index (κ2) is 9.79. The van der Waals surface area contributed by atoms with Crippen LogP contribution in [-0.2, 0) is 20.0 Å². The third-order valence-electron chi connectivity index (χ3n) is 5.72. The number of terminal acetylenes is 1. The van der Waals surface area contributed by atoms with Crippen molar-refractivity contribution in [2.75, 3.05) is 29.9 Å². The number of benzene rings is 3. The Balaban J connectivity index is 1.82. The van der Waals surface area contributed by atoms with Gasteiger partial charge in [-0.25, -0.2) is 8.42 Å². The van der Waals surface area contributed by atoms with E-state index in [0.717, 1.165) is 6.07 Å². The molecule has 0 saturated heterocycles. The third-order valence-corrected chi connectivity index (χ3v) is 8.33. The van der Waals surface area contributed by atoms with E-state index in [-0.39, 0.29) is 57.4 Å². The second-order valence-electron chi connectivity index (χ2n) is 8.12. The van der Waals surface area contributed by atoms with Crippen molar-refractivity contribution in [3.05, 3.63) is 76.9 Å². The molecule has 0 atom stereocenters. The van der Waals surface area contributed by atoms with Gasteiger partial charge in [0.05, 0.1) is 39.7 Å². The molecule has 0 spiro atoms. The molecule has 0 fully saturated rings. The minimum absolute atomic E-state index is 0.0351. The Hall–Kier alpha value is -4.02. The fourth-order valence-corrected chi connectivity index (χ4v) is 5.90. The number of hydrogen-bond donors (Lipinski definition) is 4. The zero-order chi connectivity index (χ0) is 27.0. The summed E-state index contributed by atoms with van der Waals surface area (Å²) in [6.45, 7) is 0.342. The fourth-order valence-electron chi connectivity index (χ4n) is 4.01. The first-order valence-corrected chi connectivity index (χ1v) is 13.9. The summed E-state index contributed by atoms with van der Waals surface area (Å²) in [5.74, 6) is 0.839. The van der Waals surface area contributed by atoms with E-state index >= 15 is 0 Å². The Labute approximate surface area is 213 Å². The van der Waals surface area contributed by atoms with Gasteiger partial charge in [-0.2, -0.15) is 8.42 Å².